The van der Waals surface area contributed by atoms with E-state index in [1.807, 2.05) is 60.7 Å². The van der Waals surface area contributed by atoms with E-state index in [0.717, 1.165) is 39.3 Å². The fraction of sp³-hybridized carbons (Fsp3) is 0.0909. The number of hydrogen-bond donors (Lipinski definition) is 0. The molecule has 0 aliphatic carbocycles. The van der Waals surface area contributed by atoms with E-state index in [9.17, 15) is 0 Å². The van der Waals surface area contributed by atoms with Crippen LogP contribution in [-0.2, 0) is 11.8 Å². The summed E-state index contributed by atoms with van der Waals surface area (Å²) < 4.78 is 6.22. The zero-order valence-electron chi connectivity index (χ0n) is 13.7. The number of halogens is 2. The molecule has 0 aliphatic rings. The summed E-state index contributed by atoms with van der Waals surface area (Å²) in [5, 5.41) is 0. The number of rotatable bonds is 6. The molecule has 0 fully saturated rings. The van der Waals surface area contributed by atoms with Crippen LogP contribution < -0.4 is 4.74 Å². The molecule has 3 heteroatoms. The average molecular weight is 369 g/mol. The van der Waals surface area contributed by atoms with Gasteiger partial charge in [0, 0.05) is 17.0 Å². The summed E-state index contributed by atoms with van der Waals surface area (Å²) in [6, 6.07) is 22.1. The Kier molecular flexibility index (Phi) is 5.80. The number of alkyl halides is 2. The van der Waals surface area contributed by atoms with Crippen LogP contribution in [0.5, 0.6) is 11.5 Å². The number of hydrogen-bond acceptors (Lipinski definition) is 1. The van der Waals surface area contributed by atoms with Gasteiger partial charge in [0.05, 0.1) is 5.88 Å². The fourth-order valence-corrected chi connectivity index (χ4v) is 2.99. The molecule has 126 valence electrons. The van der Waals surface area contributed by atoms with Crippen molar-refractivity contribution >= 4 is 29.3 Å². The van der Waals surface area contributed by atoms with Crippen LogP contribution in [0.2, 0.25) is 0 Å². The van der Waals surface area contributed by atoms with Crippen LogP contribution in [-0.4, -0.2) is 0 Å². The highest BCUT2D eigenvalue weighted by Gasteiger charge is 2.10. The van der Waals surface area contributed by atoms with Gasteiger partial charge in [-0.3, -0.25) is 0 Å². The van der Waals surface area contributed by atoms with Crippen molar-refractivity contribution in [2.24, 2.45) is 0 Å². The maximum atomic E-state index is 6.22. The molecular formula is C22H18Cl2O. The van der Waals surface area contributed by atoms with Crippen molar-refractivity contribution in [3.8, 4) is 22.6 Å². The Labute approximate surface area is 158 Å². The van der Waals surface area contributed by atoms with Gasteiger partial charge >= 0.3 is 0 Å². The molecule has 0 spiro atoms. The van der Waals surface area contributed by atoms with Crippen molar-refractivity contribution in [1.29, 1.82) is 0 Å². The van der Waals surface area contributed by atoms with Crippen LogP contribution in [0.15, 0.2) is 73.3 Å². The first-order valence-corrected chi connectivity index (χ1v) is 9.05. The van der Waals surface area contributed by atoms with Gasteiger partial charge in [-0.25, -0.2) is 0 Å². The smallest absolute Gasteiger partial charge is 0.135 e. The Morgan fingerprint density at radius 1 is 0.840 bits per heavy atom. The highest BCUT2D eigenvalue weighted by Crippen LogP contribution is 2.35. The second-order valence-electron chi connectivity index (χ2n) is 5.63. The van der Waals surface area contributed by atoms with Gasteiger partial charge in [-0.2, -0.15) is 0 Å². The molecule has 0 N–H and O–H groups in total. The van der Waals surface area contributed by atoms with Crippen molar-refractivity contribution in [3.63, 3.8) is 0 Å². The lowest BCUT2D eigenvalue weighted by Crippen LogP contribution is -1.93. The molecule has 3 aromatic carbocycles. The molecule has 3 rings (SSSR count). The maximum absolute atomic E-state index is 6.22. The molecule has 0 atom stereocenters. The zero-order chi connectivity index (χ0) is 17.6. The first kappa shape index (κ1) is 17.6. The molecule has 0 aromatic heterocycles. The molecule has 1 nitrogen and oxygen atoms in total. The second-order valence-corrected chi connectivity index (χ2v) is 6.17. The summed E-state index contributed by atoms with van der Waals surface area (Å²) in [4.78, 5) is 0. The van der Waals surface area contributed by atoms with E-state index in [4.69, 9.17) is 27.9 Å². The minimum atomic E-state index is 0.383. The summed E-state index contributed by atoms with van der Waals surface area (Å²) in [6.45, 7) is 3.79. The molecule has 0 saturated heterocycles. The van der Waals surface area contributed by atoms with Crippen LogP contribution in [0.1, 0.15) is 16.7 Å². The van der Waals surface area contributed by atoms with Crippen molar-refractivity contribution in [2.45, 2.75) is 11.8 Å². The molecule has 0 amide bonds. The zero-order valence-corrected chi connectivity index (χ0v) is 15.2. The van der Waals surface area contributed by atoms with Crippen LogP contribution in [0.4, 0.5) is 0 Å². The molecule has 0 unspecified atom stereocenters. The van der Waals surface area contributed by atoms with Crippen molar-refractivity contribution in [1.82, 2.24) is 0 Å². The van der Waals surface area contributed by atoms with E-state index in [1.54, 1.807) is 0 Å². The second kappa shape index (κ2) is 8.24. The molecule has 0 saturated carbocycles. The van der Waals surface area contributed by atoms with E-state index in [-0.39, 0.29) is 0 Å². The summed E-state index contributed by atoms with van der Waals surface area (Å²) in [5.41, 5.74) is 5.13. The molecule has 0 heterocycles. The fourth-order valence-electron chi connectivity index (χ4n) is 2.60. The summed E-state index contributed by atoms with van der Waals surface area (Å²) in [6.07, 6.45) is 1.83. The highest BCUT2D eigenvalue weighted by atomic mass is 35.5. The third kappa shape index (κ3) is 4.07. The molecule has 0 aliphatic heterocycles. The summed E-state index contributed by atoms with van der Waals surface area (Å²) >= 11 is 12.0. The normalized spacial score (nSPS) is 10.5. The third-order valence-corrected chi connectivity index (χ3v) is 4.59. The van der Waals surface area contributed by atoms with Crippen LogP contribution in [0, 0.1) is 0 Å². The molecule has 0 radical (unpaired) electrons. The van der Waals surface area contributed by atoms with Gasteiger partial charge in [-0.1, -0.05) is 67.3 Å². The monoisotopic (exact) mass is 368 g/mol. The third-order valence-electron chi connectivity index (χ3n) is 3.99. The van der Waals surface area contributed by atoms with Crippen LogP contribution in [0.25, 0.3) is 17.2 Å². The first-order valence-electron chi connectivity index (χ1n) is 7.98. The Morgan fingerprint density at radius 3 is 2.28 bits per heavy atom. The largest absolute Gasteiger partial charge is 0.456 e. The quantitative estimate of drug-likeness (QED) is 0.415. The van der Waals surface area contributed by atoms with E-state index < -0.39 is 0 Å². The lowest BCUT2D eigenvalue weighted by molar-refractivity contribution is 0.479. The van der Waals surface area contributed by atoms with Crippen molar-refractivity contribution < 1.29 is 4.74 Å². The number of ether oxygens (including phenoxy) is 1. The van der Waals surface area contributed by atoms with Crippen LogP contribution in [0.3, 0.4) is 0 Å². The van der Waals surface area contributed by atoms with Gasteiger partial charge in [0.1, 0.15) is 11.5 Å². The first-order chi connectivity index (χ1) is 12.2. The number of para-hydroxylation sites is 1. The molecular weight excluding hydrogens is 351 g/mol. The van der Waals surface area contributed by atoms with Crippen LogP contribution >= 0.6 is 23.2 Å². The highest BCUT2D eigenvalue weighted by molar-refractivity contribution is 6.17. The van der Waals surface area contributed by atoms with E-state index in [2.05, 4.69) is 18.7 Å². The van der Waals surface area contributed by atoms with E-state index in [0.29, 0.717) is 11.8 Å². The molecule has 0 bridgehead atoms. The maximum Gasteiger partial charge on any atom is 0.135 e. The summed E-state index contributed by atoms with van der Waals surface area (Å²) in [5.74, 6) is 2.34. The Bertz CT molecular complexity index is 869. The lowest BCUT2D eigenvalue weighted by atomic mass is 10.0. The van der Waals surface area contributed by atoms with Crippen molar-refractivity contribution in [3.05, 3.63) is 90.0 Å². The van der Waals surface area contributed by atoms with Gasteiger partial charge in [-0.05, 0) is 28.8 Å². The van der Waals surface area contributed by atoms with Crippen molar-refractivity contribution in [2.75, 3.05) is 0 Å². The molecule has 25 heavy (non-hydrogen) atoms. The Hall–Kier alpha value is -2.22. The minimum absolute atomic E-state index is 0.383. The predicted molar refractivity (Wildman–Crippen MR) is 108 cm³/mol. The number of benzene rings is 3. The SMILES string of the molecule is C=Cc1ccc(-c2ccccc2Oc2cc(CCl)ccc2CCl)cc1. The standard InChI is InChI=1S/C22H18Cl2O/c1-2-16-7-10-18(11-8-16)20-5-3-4-6-21(20)25-22-13-17(14-23)9-12-19(22)15-24/h2-13H,1,14-15H2. The predicted octanol–water partition coefficient (Wildman–Crippen LogP) is 7.27. The van der Waals surface area contributed by atoms with Gasteiger partial charge in [0.25, 0.3) is 0 Å². The average Bonchev–Trinajstić information content (AvgIpc) is 2.68. The Balaban J connectivity index is 2.00. The van der Waals surface area contributed by atoms with Gasteiger partial charge in [-0.15, -0.1) is 23.2 Å². The topological polar surface area (TPSA) is 9.23 Å². The van der Waals surface area contributed by atoms with Gasteiger partial charge in [0.15, 0.2) is 0 Å². The molecule has 3 aromatic rings. The van der Waals surface area contributed by atoms with E-state index >= 15 is 0 Å². The van der Waals surface area contributed by atoms with Gasteiger partial charge in [0.2, 0.25) is 0 Å². The van der Waals surface area contributed by atoms with E-state index in [1.165, 1.54) is 0 Å². The minimum Gasteiger partial charge on any atom is -0.456 e. The lowest BCUT2D eigenvalue weighted by Gasteiger charge is -2.14. The van der Waals surface area contributed by atoms with Gasteiger partial charge < -0.3 is 4.74 Å². The Morgan fingerprint density at radius 2 is 1.60 bits per heavy atom. The summed E-state index contributed by atoms with van der Waals surface area (Å²) in [7, 11) is 0.